The van der Waals surface area contributed by atoms with Crippen molar-refractivity contribution >= 4 is 30.8 Å². The minimum Gasteiger partial charge on any atom is -0.469 e. The van der Waals surface area contributed by atoms with E-state index in [0.717, 1.165) is 26.4 Å². The minimum absolute atomic E-state index is 0. The molecule has 0 atom stereocenters. The van der Waals surface area contributed by atoms with Crippen molar-refractivity contribution in [3.63, 3.8) is 0 Å². The van der Waals surface area contributed by atoms with Crippen LogP contribution in [-0.4, -0.2) is 39.5 Å². The molecule has 6 heteroatoms. The molecule has 1 aliphatic rings. The number of rotatable bonds is 1. The van der Waals surface area contributed by atoms with Crippen LogP contribution in [0.3, 0.4) is 0 Å². The van der Waals surface area contributed by atoms with Crippen molar-refractivity contribution in [1.29, 1.82) is 0 Å². The number of hydrogen-bond acceptors (Lipinski definition) is 4. The monoisotopic (exact) mass is 248 g/mol. The highest BCUT2D eigenvalue weighted by atomic mass is 35.5. The molecule has 0 spiro atoms. The fourth-order valence-corrected chi connectivity index (χ4v) is 0.584. The molecule has 0 unspecified atom stereocenters. The van der Waals surface area contributed by atoms with Gasteiger partial charge < -0.3 is 14.2 Å². The first-order chi connectivity index (χ1) is 5.81. The second kappa shape index (κ2) is 15.4. The molecule has 1 saturated heterocycles. The van der Waals surface area contributed by atoms with Crippen molar-refractivity contribution in [2.45, 2.75) is 13.3 Å². The van der Waals surface area contributed by atoms with Gasteiger partial charge in [0.15, 0.2) is 0 Å². The summed E-state index contributed by atoms with van der Waals surface area (Å²) in [6.07, 6.45) is 0.469. The Bertz CT molecular complexity index is 100. The lowest BCUT2D eigenvalue weighted by atomic mass is 10.5. The lowest BCUT2D eigenvalue weighted by molar-refractivity contribution is -0.140. The largest absolute Gasteiger partial charge is 0.469 e. The summed E-state index contributed by atoms with van der Waals surface area (Å²) >= 11 is 0. The Balaban J connectivity index is -0.000000151. The summed E-state index contributed by atoms with van der Waals surface area (Å²) in [5, 5.41) is 0. The second-order valence-corrected chi connectivity index (χ2v) is 2.15. The highest BCUT2D eigenvalue weighted by molar-refractivity contribution is 5.85. The van der Waals surface area contributed by atoms with Gasteiger partial charge in [0.2, 0.25) is 0 Å². The van der Waals surface area contributed by atoms with Crippen molar-refractivity contribution in [1.82, 2.24) is 0 Å². The predicted octanol–water partition coefficient (Wildman–Crippen LogP) is 1.45. The van der Waals surface area contributed by atoms with Gasteiger partial charge in [-0.15, -0.1) is 24.8 Å². The van der Waals surface area contributed by atoms with Crippen LogP contribution in [-0.2, 0) is 19.0 Å². The average molecular weight is 249 g/mol. The Labute approximate surface area is 97.1 Å². The van der Waals surface area contributed by atoms with E-state index in [2.05, 4.69) is 4.74 Å². The van der Waals surface area contributed by atoms with Crippen molar-refractivity contribution in [3.8, 4) is 0 Å². The normalized spacial score (nSPS) is 13.6. The third kappa shape index (κ3) is 14.5. The summed E-state index contributed by atoms with van der Waals surface area (Å²) < 4.78 is 14.1. The number of carbonyl (C=O) groups is 1. The van der Waals surface area contributed by atoms with E-state index < -0.39 is 0 Å². The van der Waals surface area contributed by atoms with Gasteiger partial charge in [-0.25, -0.2) is 0 Å². The fraction of sp³-hybridized carbons (Fsp3) is 0.875. The quantitative estimate of drug-likeness (QED) is 0.660. The van der Waals surface area contributed by atoms with E-state index >= 15 is 0 Å². The van der Waals surface area contributed by atoms with Crippen molar-refractivity contribution in [3.05, 3.63) is 0 Å². The molecule has 0 bridgehead atoms. The predicted molar refractivity (Wildman–Crippen MR) is 58.4 cm³/mol. The van der Waals surface area contributed by atoms with Crippen LogP contribution in [0.15, 0.2) is 0 Å². The highest BCUT2D eigenvalue weighted by Crippen LogP contribution is 1.85. The topological polar surface area (TPSA) is 44.8 Å². The Morgan fingerprint density at radius 3 is 1.57 bits per heavy atom. The summed E-state index contributed by atoms with van der Waals surface area (Å²) in [5.41, 5.74) is 0. The summed E-state index contributed by atoms with van der Waals surface area (Å²) in [4.78, 5) is 9.96. The number of ether oxygens (including phenoxy) is 3. The van der Waals surface area contributed by atoms with Gasteiger partial charge >= 0.3 is 5.97 Å². The van der Waals surface area contributed by atoms with E-state index in [1.54, 1.807) is 6.92 Å². The fourth-order valence-electron chi connectivity index (χ4n) is 0.584. The van der Waals surface area contributed by atoms with Gasteiger partial charge in [0.05, 0.1) is 33.5 Å². The van der Waals surface area contributed by atoms with Gasteiger partial charge in [0.25, 0.3) is 0 Å². The van der Waals surface area contributed by atoms with Crippen molar-refractivity contribution in [2.24, 2.45) is 0 Å². The standard InChI is InChI=1S/2C4H8O2.2ClH/c1-2-6-4-3-5-1;1-3-4(5)6-2;;/h1-4H2;3H2,1-2H3;2*1H. The van der Waals surface area contributed by atoms with Crippen LogP contribution in [0.2, 0.25) is 0 Å². The zero-order valence-electron chi connectivity index (χ0n) is 8.49. The number of hydrogen-bond donors (Lipinski definition) is 0. The summed E-state index contributed by atoms with van der Waals surface area (Å²) in [7, 11) is 1.38. The van der Waals surface area contributed by atoms with Crippen LogP contribution < -0.4 is 0 Å². The molecule has 0 saturated carbocycles. The first-order valence-corrected chi connectivity index (χ1v) is 4.03. The molecule has 4 nitrogen and oxygen atoms in total. The van der Waals surface area contributed by atoms with Crippen molar-refractivity contribution < 1.29 is 19.0 Å². The molecular weight excluding hydrogens is 231 g/mol. The zero-order valence-corrected chi connectivity index (χ0v) is 10.1. The molecule has 0 aromatic heterocycles. The Kier molecular flexibility index (Phi) is 21.5. The van der Waals surface area contributed by atoms with Gasteiger partial charge in [-0.2, -0.15) is 0 Å². The summed E-state index contributed by atoms with van der Waals surface area (Å²) in [6.45, 7) is 4.87. The maximum absolute atomic E-state index is 9.96. The minimum atomic E-state index is -0.157. The molecule has 14 heavy (non-hydrogen) atoms. The Hall–Kier alpha value is -0.0300. The second-order valence-electron chi connectivity index (χ2n) is 2.15. The van der Waals surface area contributed by atoms with E-state index in [1.165, 1.54) is 7.11 Å². The van der Waals surface area contributed by atoms with Gasteiger partial charge in [-0.1, -0.05) is 6.92 Å². The number of methoxy groups -OCH3 is 1. The molecular formula is C8H18Cl2O4. The lowest BCUT2D eigenvalue weighted by Crippen LogP contribution is -2.16. The SMILES string of the molecule is C1COCCO1.CCC(=O)OC.Cl.Cl. The third-order valence-corrected chi connectivity index (χ3v) is 1.26. The van der Waals surface area contributed by atoms with Crippen LogP contribution in [0, 0.1) is 0 Å². The van der Waals surface area contributed by atoms with Crippen LogP contribution in [0.4, 0.5) is 0 Å². The molecule has 0 aliphatic carbocycles. The lowest BCUT2D eigenvalue weighted by Gasteiger charge is -2.09. The maximum atomic E-state index is 9.96. The molecule has 1 aliphatic heterocycles. The molecule has 0 N–H and O–H groups in total. The first kappa shape index (κ1) is 19.5. The van der Waals surface area contributed by atoms with E-state index in [0.29, 0.717) is 6.42 Å². The molecule has 0 aromatic rings. The molecule has 0 aromatic carbocycles. The molecule has 1 fully saturated rings. The average Bonchev–Trinajstić information content (AvgIpc) is 2.20. The zero-order chi connectivity index (χ0) is 9.23. The number of halogens is 2. The number of carbonyl (C=O) groups excluding carboxylic acids is 1. The van der Waals surface area contributed by atoms with E-state index in [4.69, 9.17) is 9.47 Å². The Morgan fingerprint density at radius 2 is 1.50 bits per heavy atom. The van der Waals surface area contributed by atoms with Gasteiger partial charge in [0.1, 0.15) is 0 Å². The smallest absolute Gasteiger partial charge is 0.305 e. The Morgan fingerprint density at radius 1 is 1.14 bits per heavy atom. The van der Waals surface area contributed by atoms with Crippen LogP contribution >= 0.6 is 24.8 Å². The molecule has 88 valence electrons. The van der Waals surface area contributed by atoms with E-state index in [9.17, 15) is 4.79 Å². The van der Waals surface area contributed by atoms with Crippen LogP contribution in [0.1, 0.15) is 13.3 Å². The van der Waals surface area contributed by atoms with E-state index in [-0.39, 0.29) is 30.8 Å². The molecule has 1 rings (SSSR count). The molecule has 1 heterocycles. The third-order valence-electron chi connectivity index (χ3n) is 1.26. The van der Waals surface area contributed by atoms with Crippen LogP contribution in [0.5, 0.6) is 0 Å². The van der Waals surface area contributed by atoms with Crippen LogP contribution in [0.25, 0.3) is 0 Å². The molecule has 0 amide bonds. The van der Waals surface area contributed by atoms with E-state index in [1.807, 2.05) is 0 Å². The summed E-state index contributed by atoms with van der Waals surface area (Å²) in [6, 6.07) is 0. The van der Waals surface area contributed by atoms with Crippen molar-refractivity contribution in [2.75, 3.05) is 33.5 Å². The number of esters is 1. The van der Waals surface area contributed by atoms with Gasteiger partial charge in [0, 0.05) is 6.42 Å². The summed E-state index contributed by atoms with van der Waals surface area (Å²) in [5.74, 6) is -0.157. The maximum Gasteiger partial charge on any atom is 0.305 e. The molecule has 0 radical (unpaired) electrons. The first-order valence-electron chi connectivity index (χ1n) is 4.03. The van der Waals surface area contributed by atoms with Gasteiger partial charge in [-0.05, 0) is 0 Å². The van der Waals surface area contributed by atoms with Gasteiger partial charge in [-0.3, -0.25) is 4.79 Å². The highest BCUT2D eigenvalue weighted by Gasteiger charge is 1.94.